The Morgan fingerprint density at radius 2 is 1.53 bits per heavy atom. The van der Waals surface area contributed by atoms with Crippen molar-refractivity contribution in [1.82, 2.24) is 0 Å². The van der Waals surface area contributed by atoms with Gasteiger partial charge in [0.15, 0.2) is 5.11 Å². The zero-order valence-corrected chi connectivity index (χ0v) is 12.3. The standard InChI is InChI=1S/C16H18N2S/c1-11-5-4-6-14(9-11)17-16(19)18-15-8-7-12(2)13(3)10-15/h4-10H,1-3H3,(H2,17,18,19). The lowest BCUT2D eigenvalue weighted by atomic mass is 10.1. The monoisotopic (exact) mass is 270 g/mol. The largest absolute Gasteiger partial charge is 0.332 e. The van der Waals surface area contributed by atoms with Crippen LogP contribution in [0.5, 0.6) is 0 Å². The van der Waals surface area contributed by atoms with Crippen molar-refractivity contribution in [3.05, 3.63) is 59.2 Å². The molecule has 0 aliphatic heterocycles. The van der Waals surface area contributed by atoms with Gasteiger partial charge in [-0.15, -0.1) is 0 Å². The van der Waals surface area contributed by atoms with Crippen LogP contribution >= 0.6 is 12.2 Å². The van der Waals surface area contributed by atoms with E-state index in [2.05, 4.69) is 55.7 Å². The predicted molar refractivity (Wildman–Crippen MR) is 86.9 cm³/mol. The summed E-state index contributed by atoms with van der Waals surface area (Å²) in [5.41, 5.74) is 5.75. The summed E-state index contributed by atoms with van der Waals surface area (Å²) in [6.45, 7) is 6.25. The molecule has 0 unspecified atom stereocenters. The van der Waals surface area contributed by atoms with Gasteiger partial charge < -0.3 is 10.6 Å². The van der Waals surface area contributed by atoms with Crippen LogP contribution in [0, 0.1) is 20.8 Å². The van der Waals surface area contributed by atoms with Crippen molar-refractivity contribution >= 4 is 28.7 Å². The van der Waals surface area contributed by atoms with Gasteiger partial charge in [-0.1, -0.05) is 18.2 Å². The molecule has 0 aliphatic carbocycles. The van der Waals surface area contributed by atoms with Crippen LogP contribution in [0.15, 0.2) is 42.5 Å². The van der Waals surface area contributed by atoms with Crippen LogP contribution in [0.4, 0.5) is 11.4 Å². The Bertz CT molecular complexity index is 605. The van der Waals surface area contributed by atoms with Crippen molar-refractivity contribution in [2.45, 2.75) is 20.8 Å². The van der Waals surface area contributed by atoms with Gasteiger partial charge in [0.2, 0.25) is 0 Å². The first-order chi connectivity index (χ1) is 9.04. The number of rotatable bonds is 2. The molecule has 2 rings (SSSR count). The van der Waals surface area contributed by atoms with Crippen molar-refractivity contribution in [3.63, 3.8) is 0 Å². The first-order valence-corrected chi connectivity index (χ1v) is 6.67. The van der Waals surface area contributed by atoms with E-state index in [4.69, 9.17) is 12.2 Å². The molecule has 0 saturated heterocycles. The van der Waals surface area contributed by atoms with Crippen LogP contribution in [0.1, 0.15) is 16.7 Å². The minimum Gasteiger partial charge on any atom is -0.332 e. The SMILES string of the molecule is Cc1cccc(NC(=S)Nc2ccc(C)c(C)c2)c1. The van der Waals surface area contributed by atoms with E-state index in [-0.39, 0.29) is 0 Å². The van der Waals surface area contributed by atoms with Crippen molar-refractivity contribution in [2.75, 3.05) is 10.6 Å². The molecule has 0 aliphatic rings. The molecule has 19 heavy (non-hydrogen) atoms. The van der Waals surface area contributed by atoms with E-state index in [0.717, 1.165) is 11.4 Å². The van der Waals surface area contributed by atoms with Gasteiger partial charge in [0.05, 0.1) is 0 Å². The fourth-order valence-corrected chi connectivity index (χ4v) is 2.07. The third kappa shape index (κ3) is 3.80. The topological polar surface area (TPSA) is 24.1 Å². The van der Waals surface area contributed by atoms with Gasteiger partial charge in [0.25, 0.3) is 0 Å². The van der Waals surface area contributed by atoms with E-state index in [9.17, 15) is 0 Å². The normalized spacial score (nSPS) is 10.1. The Kier molecular flexibility index (Phi) is 4.17. The second kappa shape index (κ2) is 5.85. The third-order valence-electron chi connectivity index (χ3n) is 3.04. The highest BCUT2D eigenvalue weighted by molar-refractivity contribution is 7.80. The van der Waals surface area contributed by atoms with E-state index in [1.54, 1.807) is 0 Å². The Balaban J connectivity index is 2.03. The second-order valence-electron chi connectivity index (χ2n) is 4.75. The smallest absolute Gasteiger partial charge is 0.175 e. The van der Waals surface area contributed by atoms with Crippen molar-refractivity contribution in [3.8, 4) is 0 Å². The Morgan fingerprint density at radius 3 is 2.16 bits per heavy atom. The minimum absolute atomic E-state index is 0.605. The number of nitrogens with one attached hydrogen (secondary N) is 2. The second-order valence-corrected chi connectivity index (χ2v) is 5.16. The lowest BCUT2D eigenvalue weighted by Crippen LogP contribution is -2.19. The first kappa shape index (κ1) is 13.6. The number of hydrogen-bond acceptors (Lipinski definition) is 1. The molecule has 2 N–H and O–H groups in total. The average Bonchev–Trinajstić information content (AvgIpc) is 2.34. The lowest BCUT2D eigenvalue weighted by Gasteiger charge is -2.12. The Labute approximate surface area is 119 Å². The summed E-state index contributed by atoms with van der Waals surface area (Å²) in [5.74, 6) is 0. The third-order valence-corrected chi connectivity index (χ3v) is 3.24. The van der Waals surface area contributed by atoms with Crippen LogP contribution in [0.25, 0.3) is 0 Å². The van der Waals surface area contributed by atoms with Crippen LogP contribution in [0.2, 0.25) is 0 Å². The molecule has 0 amide bonds. The number of hydrogen-bond donors (Lipinski definition) is 2. The van der Waals surface area contributed by atoms with Crippen LogP contribution < -0.4 is 10.6 Å². The highest BCUT2D eigenvalue weighted by atomic mass is 32.1. The summed E-state index contributed by atoms with van der Waals surface area (Å²) in [4.78, 5) is 0. The fraction of sp³-hybridized carbons (Fsp3) is 0.188. The molecule has 98 valence electrons. The number of aryl methyl sites for hydroxylation is 3. The molecule has 2 aromatic carbocycles. The van der Waals surface area contributed by atoms with E-state index in [1.807, 2.05) is 18.2 Å². The summed E-state index contributed by atoms with van der Waals surface area (Å²) >= 11 is 5.32. The number of benzene rings is 2. The minimum atomic E-state index is 0.605. The van der Waals surface area contributed by atoms with Crippen LogP contribution in [-0.2, 0) is 0 Å². The first-order valence-electron chi connectivity index (χ1n) is 6.26. The van der Waals surface area contributed by atoms with Gasteiger partial charge in [-0.2, -0.15) is 0 Å². The molecule has 2 aromatic rings. The van der Waals surface area contributed by atoms with E-state index in [0.29, 0.717) is 5.11 Å². The summed E-state index contributed by atoms with van der Waals surface area (Å²) in [6.07, 6.45) is 0. The average molecular weight is 270 g/mol. The van der Waals surface area contributed by atoms with Gasteiger partial charge in [-0.25, -0.2) is 0 Å². The van der Waals surface area contributed by atoms with Gasteiger partial charge >= 0.3 is 0 Å². The quantitative estimate of drug-likeness (QED) is 0.790. The molecular formula is C16H18N2S. The van der Waals surface area contributed by atoms with Crippen molar-refractivity contribution in [2.24, 2.45) is 0 Å². The summed E-state index contributed by atoms with van der Waals surface area (Å²) in [6, 6.07) is 14.4. The molecule has 0 atom stereocenters. The van der Waals surface area contributed by atoms with Crippen molar-refractivity contribution in [1.29, 1.82) is 0 Å². The van der Waals surface area contributed by atoms with E-state index < -0.39 is 0 Å². The number of anilines is 2. The molecule has 2 nitrogen and oxygen atoms in total. The Morgan fingerprint density at radius 1 is 0.842 bits per heavy atom. The van der Waals surface area contributed by atoms with Gasteiger partial charge in [-0.3, -0.25) is 0 Å². The summed E-state index contributed by atoms with van der Waals surface area (Å²) in [5, 5.41) is 6.99. The van der Waals surface area contributed by atoms with Crippen molar-refractivity contribution < 1.29 is 0 Å². The zero-order valence-electron chi connectivity index (χ0n) is 11.4. The summed E-state index contributed by atoms with van der Waals surface area (Å²) < 4.78 is 0. The lowest BCUT2D eigenvalue weighted by molar-refractivity contribution is 1.34. The maximum atomic E-state index is 5.32. The predicted octanol–water partition coefficient (Wildman–Crippen LogP) is 4.42. The van der Waals surface area contributed by atoms with Gasteiger partial charge in [0.1, 0.15) is 0 Å². The van der Waals surface area contributed by atoms with E-state index in [1.165, 1.54) is 16.7 Å². The summed E-state index contributed by atoms with van der Waals surface area (Å²) in [7, 11) is 0. The molecule has 0 bridgehead atoms. The molecule has 0 heterocycles. The van der Waals surface area contributed by atoms with E-state index >= 15 is 0 Å². The molecule has 0 saturated carbocycles. The maximum Gasteiger partial charge on any atom is 0.175 e. The maximum absolute atomic E-state index is 5.32. The highest BCUT2D eigenvalue weighted by Gasteiger charge is 2.00. The van der Waals surface area contributed by atoms with Gasteiger partial charge in [-0.05, 0) is 73.9 Å². The molecular weight excluding hydrogens is 252 g/mol. The molecule has 3 heteroatoms. The molecule has 0 spiro atoms. The zero-order chi connectivity index (χ0) is 13.8. The fourth-order valence-electron chi connectivity index (χ4n) is 1.84. The number of thiocarbonyl (C=S) groups is 1. The molecule has 0 radical (unpaired) electrons. The highest BCUT2D eigenvalue weighted by Crippen LogP contribution is 2.15. The molecule has 0 aromatic heterocycles. The Hall–Kier alpha value is -1.87. The van der Waals surface area contributed by atoms with Crippen LogP contribution in [-0.4, -0.2) is 5.11 Å². The molecule has 0 fully saturated rings. The van der Waals surface area contributed by atoms with Gasteiger partial charge in [0, 0.05) is 11.4 Å². The van der Waals surface area contributed by atoms with Crippen LogP contribution in [0.3, 0.4) is 0 Å².